The molecular formula is C21H23N3O2. The smallest absolute Gasteiger partial charge is 0.270 e. The Bertz CT molecular complexity index is 844. The third-order valence-electron chi connectivity index (χ3n) is 4.54. The highest BCUT2D eigenvalue weighted by Gasteiger charge is 2.23. The van der Waals surface area contributed by atoms with Crippen molar-refractivity contribution in [2.45, 2.75) is 39.2 Å². The number of ketones is 1. The van der Waals surface area contributed by atoms with Crippen LogP contribution in [-0.4, -0.2) is 28.9 Å². The number of nitrogens with one attached hydrogen (secondary N) is 1. The lowest BCUT2D eigenvalue weighted by Gasteiger charge is -2.11. The number of fused-ring (bicyclic) bond motifs is 1. The lowest BCUT2D eigenvalue weighted by Crippen LogP contribution is -2.30. The van der Waals surface area contributed by atoms with Crippen molar-refractivity contribution < 1.29 is 9.59 Å². The number of aliphatic imine (C=N–C) groups is 1. The van der Waals surface area contributed by atoms with E-state index in [1.165, 1.54) is 5.56 Å². The summed E-state index contributed by atoms with van der Waals surface area (Å²) >= 11 is 0. The molecule has 1 atom stereocenters. The average Bonchev–Trinajstić information content (AvgIpc) is 3.06. The van der Waals surface area contributed by atoms with E-state index in [2.05, 4.69) is 22.2 Å². The summed E-state index contributed by atoms with van der Waals surface area (Å²) in [6, 6.07) is 12.0. The van der Waals surface area contributed by atoms with Crippen molar-refractivity contribution >= 4 is 17.4 Å². The number of hydrogen-bond donors (Lipinski definition) is 1. The molecule has 2 heterocycles. The van der Waals surface area contributed by atoms with Gasteiger partial charge in [-0.2, -0.15) is 0 Å². The van der Waals surface area contributed by atoms with Gasteiger partial charge in [-0.15, -0.1) is 0 Å². The molecule has 26 heavy (non-hydrogen) atoms. The molecule has 5 heteroatoms. The summed E-state index contributed by atoms with van der Waals surface area (Å²) in [5.41, 5.74) is 4.07. The van der Waals surface area contributed by atoms with Crippen molar-refractivity contribution in [1.82, 2.24) is 10.3 Å². The molecule has 5 nitrogen and oxygen atoms in total. The van der Waals surface area contributed by atoms with Gasteiger partial charge in [-0.25, -0.2) is 0 Å². The Labute approximate surface area is 153 Å². The minimum Gasteiger partial charge on any atom is -0.351 e. The fourth-order valence-electron chi connectivity index (χ4n) is 3.19. The van der Waals surface area contributed by atoms with Crippen LogP contribution in [0.1, 0.15) is 48.6 Å². The summed E-state index contributed by atoms with van der Waals surface area (Å²) in [6.45, 7) is 4.96. The second-order valence-electron chi connectivity index (χ2n) is 6.59. The third kappa shape index (κ3) is 4.04. The van der Waals surface area contributed by atoms with Crippen molar-refractivity contribution in [3.05, 3.63) is 65.0 Å². The van der Waals surface area contributed by atoms with Gasteiger partial charge in [0, 0.05) is 36.8 Å². The topological polar surface area (TPSA) is 71.4 Å². The van der Waals surface area contributed by atoms with Crippen LogP contribution >= 0.6 is 0 Å². The van der Waals surface area contributed by atoms with Crippen LogP contribution in [0.2, 0.25) is 0 Å². The number of hydrogen-bond acceptors (Lipinski definition) is 4. The number of carbonyl (C=O) groups is 2. The summed E-state index contributed by atoms with van der Waals surface area (Å²) in [5, 5.41) is 2.76. The highest BCUT2D eigenvalue weighted by Crippen LogP contribution is 2.22. The second kappa shape index (κ2) is 8.04. The fraction of sp³-hybridized carbons (Fsp3) is 0.333. The van der Waals surface area contributed by atoms with Crippen LogP contribution in [0.3, 0.4) is 0 Å². The second-order valence-corrected chi connectivity index (χ2v) is 6.59. The van der Waals surface area contributed by atoms with E-state index in [0.717, 1.165) is 16.8 Å². The number of carbonyl (C=O) groups excluding carboxylic acids is 2. The van der Waals surface area contributed by atoms with Gasteiger partial charge in [0.1, 0.15) is 11.5 Å². The number of nitrogens with zero attached hydrogens (tertiary/aromatic N) is 2. The number of pyridine rings is 1. The van der Waals surface area contributed by atoms with Gasteiger partial charge in [0.2, 0.25) is 0 Å². The third-order valence-corrected chi connectivity index (χ3v) is 4.54. The van der Waals surface area contributed by atoms with Crippen LogP contribution in [0.25, 0.3) is 0 Å². The molecular weight excluding hydrogens is 326 g/mol. The monoisotopic (exact) mass is 349 g/mol. The van der Waals surface area contributed by atoms with Gasteiger partial charge in [-0.3, -0.25) is 19.6 Å². The standard InChI is InChI=1S/C21H23N3O2/c1-3-22-21(26)20-19-13-23-17(10-16(19)12-24-20)11-18(25)9-14(2)15-7-5-4-6-8-15/h4-8,10,13-14H,3,9,11-12H2,1-2H3,(H,22,26)/t14-/m0/s1. The first-order chi connectivity index (χ1) is 12.6. The predicted octanol–water partition coefficient (Wildman–Crippen LogP) is 2.83. The molecule has 0 aliphatic carbocycles. The molecule has 1 aliphatic rings. The van der Waals surface area contributed by atoms with Gasteiger partial charge in [0.05, 0.1) is 6.54 Å². The van der Waals surface area contributed by atoms with Gasteiger partial charge >= 0.3 is 0 Å². The average molecular weight is 349 g/mol. The van der Waals surface area contributed by atoms with Gasteiger partial charge < -0.3 is 5.32 Å². The Morgan fingerprint density at radius 3 is 2.73 bits per heavy atom. The van der Waals surface area contributed by atoms with Crippen molar-refractivity contribution in [3.8, 4) is 0 Å². The zero-order valence-electron chi connectivity index (χ0n) is 15.2. The SMILES string of the molecule is CCNC(=O)C1=NCc2cc(CC(=O)C[C@H](C)c3ccccc3)ncc21. The van der Waals surface area contributed by atoms with Crippen molar-refractivity contribution in [1.29, 1.82) is 0 Å². The van der Waals surface area contributed by atoms with E-state index in [1.807, 2.05) is 43.3 Å². The first-order valence-electron chi connectivity index (χ1n) is 8.96. The van der Waals surface area contributed by atoms with E-state index < -0.39 is 0 Å². The van der Waals surface area contributed by atoms with Crippen LogP contribution < -0.4 is 5.32 Å². The van der Waals surface area contributed by atoms with E-state index in [1.54, 1.807) is 6.20 Å². The number of likely N-dealkylation sites (N-methyl/N-ethyl adjacent to an activating group) is 1. The van der Waals surface area contributed by atoms with Gasteiger partial charge in [0.15, 0.2) is 0 Å². The quantitative estimate of drug-likeness (QED) is 0.835. The van der Waals surface area contributed by atoms with Crippen LogP contribution in [-0.2, 0) is 22.6 Å². The molecule has 0 unspecified atom stereocenters. The summed E-state index contributed by atoms with van der Waals surface area (Å²) in [6.07, 6.45) is 2.46. The number of rotatable bonds is 7. The van der Waals surface area contributed by atoms with Crippen LogP contribution in [0.15, 0.2) is 47.6 Å². The van der Waals surface area contributed by atoms with Crippen LogP contribution in [0.4, 0.5) is 0 Å². The molecule has 1 amide bonds. The maximum Gasteiger partial charge on any atom is 0.270 e. The molecule has 0 fully saturated rings. The van der Waals surface area contributed by atoms with E-state index in [9.17, 15) is 9.59 Å². The Morgan fingerprint density at radius 1 is 1.23 bits per heavy atom. The normalized spacial score (nSPS) is 13.7. The fourth-order valence-corrected chi connectivity index (χ4v) is 3.19. The summed E-state index contributed by atoms with van der Waals surface area (Å²) in [4.78, 5) is 33.1. The molecule has 0 spiro atoms. The highest BCUT2D eigenvalue weighted by molar-refractivity contribution is 6.46. The van der Waals surface area contributed by atoms with Crippen LogP contribution in [0, 0.1) is 0 Å². The first kappa shape index (κ1) is 18.0. The van der Waals surface area contributed by atoms with E-state index in [0.29, 0.717) is 31.6 Å². The Kier molecular flexibility index (Phi) is 5.56. The van der Waals surface area contributed by atoms with E-state index in [-0.39, 0.29) is 17.6 Å². The number of Topliss-reactive ketones (excluding diaryl/α,β-unsaturated/α-hetero) is 1. The van der Waals surface area contributed by atoms with Crippen LogP contribution in [0.5, 0.6) is 0 Å². The zero-order valence-corrected chi connectivity index (χ0v) is 15.2. The minimum atomic E-state index is -0.173. The number of benzene rings is 1. The lowest BCUT2D eigenvalue weighted by atomic mass is 9.94. The number of amides is 1. The van der Waals surface area contributed by atoms with Gasteiger partial charge in [-0.05, 0) is 30.0 Å². The van der Waals surface area contributed by atoms with E-state index in [4.69, 9.17) is 0 Å². The Morgan fingerprint density at radius 2 is 2.00 bits per heavy atom. The highest BCUT2D eigenvalue weighted by atomic mass is 16.2. The Hall–Kier alpha value is -2.82. The maximum absolute atomic E-state index is 12.4. The van der Waals surface area contributed by atoms with Crippen molar-refractivity contribution in [3.63, 3.8) is 0 Å². The summed E-state index contributed by atoms with van der Waals surface area (Å²) in [5.74, 6) is 0.177. The largest absolute Gasteiger partial charge is 0.351 e. The molecule has 3 rings (SSSR count). The Balaban J connectivity index is 1.63. The van der Waals surface area contributed by atoms with E-state index >= 15 is 0 Å². The van der Waals surface area contributed by atoms with Gasteiger partial charge in [-0.1, -0.05) is 37.3 Å². The molecule has 0 radical (unpaired) electrons. The molecule has 2 aromatic rings. The zero-order chi connectivity index (χ0) is 18.5. The summed E-state index contributed by atoms with van der Waals surface area (Å²) < 4.78 is 0. The summed E-state index contributed by atoms with van der Waals surface area (Å²) in [7, 11) is 0. The van der Waals surface area contributed by atoms with Crippen molar-refractivity contribution in [2.75, 3.05) is 6.54 Å². The van der Waals surface area contributed by atoms with Crippen molar-refractivity contribution in [2.24, 2.45) is 4.99 Å². The molecule has 134 valence electrons. The maximum atomic E-state index is 12.4. The number of aromatic nitrogens is 1. The molecule has 0 bridgehead atoms. The molecule has 1 aromatic carbocycles. The molecule has 1 N–H and O–H groups in total. The molecule has 1 aromatic heterocycles. The predicted molar refractivity (Wildman–Crippen MR) is 101 cm³/mol. The molecule has 0 saturated heterocycles. The first-order valence-corrected chi connectivity index (χ1v) is 8.96. The minimum absolute atomic E-state index is 0.164. The van der Waals surface area contributed by atoms with Gasteiger partial charge in [0.25, 0.3) is 5.91 Å². The lowest BCUT2D eigenvalue weighted by molar-refractivity contribution is -0.118. The molecule has 1 aliphatic heterocycles. The molecule has 0 saturated carbocycles.